The fraction of sp³-hybridized carbons (Fsp3) is 0.150. The molecule has 22 heavy (non-hydrogen) atoms. The molecule has 0 amide bonds. The molecule has 0 spiro atoms. The number of rotatable bonds is 1. The average molecular weight is 290 g/mol. The normalized spacial score (nSPS) is 14.0. The molecule has 0 saturated heterocycles. The summed E-state index contributed by atoms with van der Waals surface area (Å²) in [6.45, 7) is 1.77. The van der Waals surface area contributed by atoms with Crippen LogP contribution in [0.5, 0.6) is 0 Å². The Kier molecular flexibility index (Phi) is 2.17. The minimum atomic E-state index is -2.27. The summed E-state index contributed by atoms with van der Waals surface area (Å²) in [7, 11) is 0. The summed E-state index contributed by atoms with van der Waals surface area (Å²) in [5, 5.41) is 2.90. The van der Waals surface area contributed by atoms with Gasteiger partial charge < -0.3 is 4.42 Å². The van der Waals surface area contributed by atoms with E-state index in [1.54, 1.807) is 12.3 Å². The molecule has 2 nitrogen and oxygen atoms in total. The van der Waals surface area contributed by atoms with Crippen molar-refractivity contribution in [2.45, 2.75) is 20.7 Å². The van der Waals surface area contributed by atoms with Gasteiger partial charge in [-0.1, -0.05) is 23.8 Å². The Morgan fingerprint density at radius 2 is 1.82 bits per heavy atom. The van der Waals surface area contributed by atoms with Crippen molar-refractivity contribution in [3.8, 4) is 11.3 Å². The summed E-state index contributed by atoms with van der Waals surface area (Å²) in [6, 6.07) is 13.7. The van der Waals surface area contributed by atoms with Crippen LogP contribution in [0, 0.1) is 20.7 Å². The number of pyridine rings is 1. The molecule has 0 bridgehead atoms. The molecule has 0 aliphatic carbocycles. The van der Waals surface area contributed by atoms with Gasteiger partial charge in [-0.05, 0) is 55.9 Å². The van der Waals surface area contributed by atoms with Gasteiger partial charge in [0.2, 0.25) is 0 Å². The molecule has 2 aromatic carbocycles. The SMILES string of the molecule is [2H]C([2H])([2H])c1cc2cc(C)cc(-c3nccc4cc(C)ccc34)c2o1. The van der Waals surface area contributed by atoms with Crippen LogP contribution in [0.3, 0.4) is 0 Å². The molecule has 0 fully saturated rings. The second kappa shape index (κ2) is 4.70. The standard InChI is InChI=1S/C20H17NO/c1-12-4-5-17-15(8-12)6-7-21-19(17)18-10-13(2)9-16-11-14(3)22-20(16)18/h4-11H,1-3H3/i3D3. The summed E-state index contributed by atoms with van der Waals surface area (Å²) < 4.78 is 28.6. The first-order chi connectivity index (χ1) is 11.8. The van der Waals surface area contributed by atoms with Crippen LogP contribution < -0.4 is 0 Å². The Morgan fingerprint density at radius 3 is 2.68 bits per heavy atom. The van der Waals surface area contributed by atoms with Crippen LogP contribution in [0.25, 0.3) is 33.0 Å². The zero-order valence-corrected chi connectivity index (χ0v) is 12.5. The van der Waals surface area contributed by atoms with E-state index in [0.717, 1.165) is 33.0 Å². The Labute approximate surface area is 133 Å². The van der Waals surface area contributed by atoms with Crippen molar-refractivity contribution in [3.63, 3.8) is 0 Å². The molecule has 0 unspecified atom stereocenters. The highest BCUT2D eigenvalue weighted by Crippen LogP contribution is 2.35. The van der Waals surface area contributed by atoms with E-state index in [1.165, 1.54) is 5.56 Å². The third-order valence-corrected chi connectivity index (χ3v) is 3.94. The van der Waals surface area contributed by atoms with E-state index in [4.69, 9.17) is 8.53 Å². The Hall–Kier alpha value is -2.61. The molecule has 4 rings (SSSR count). The van der Waals surface area contributed by atoms with E-state index >= 15 is 0 Å². The van der Waals surface area contributed by atoms with Gasteiger partial charge in [0.05, 0.1) is 5.69 Å². The molecular weight excluding hydrogens is 270 g/mol. The van der Waals surface area contributed by atoms with Crippen LogP contribution in [0.15, 0.2) is 53.1 Å². The van der Waals surface area contributed by atoms with Crippen molar-refractivity contribution in [1.29, 1.82) is 0 Å². The predicted octanol–water partition coefficient (Wildman–Crippen LogP) is 5.57. The lowest BCUT2D eigenvalue weighted by molar-refractivity contribution is 0.579. The van der Waals surface area contributed by atoms with Crippen molar-refractivity contribution in [1.82, 2.24) is 4.98 Å². The van der Waals surface area contributed by atoms with Crippen LogP contribution in [0.4, 0.5) is 0 Å². The second-order valence-corrected chi connectivity index (χ2v) is 5.73. The molecule has 0 N–H and O–H groups in total. The monoisotopic (exact) mass is 290 g/mol. The highest BCUT2D eigenvalue weighted by atomic mass is 16.3. The lowest BCUT2D eigenvalue weighted by Crippen LogP contribution is -1.88. The summed E-state index contributed by atoms with van der Waals surface area (Å²) >= 11 is 0. The van der Waals surface area contributed by atoms with Crippen molar-refractivity contribution in [2.75, 3.05) is 0 Å². The smallest absolute Gasteiger partial charge is 0.143 e. The average Bonchev–Trinajstić information content (AvgIpc) is 2.97. The molecule has 4 aromatic rings. The Morgan fingerprint density at radius 1 is 0.955 bits per heavy atom. The fourth-order valence-electron chi connectivity index (χ4n) is 2.99. The minimum absolute atomic E-state index is 0.00503. The molecule has 2 aromatic heterocycles. The number of aromatic nitrogens is 1. The molecular formula is C20H17NO. The minimum Gasteiger partial charge on any atom is -0.461 e. The second-order valence-electron chi connectivity index (χ2n) is 5.73. The summed E-state index contributed by atoms with van der Waals surface area (Å²) in [4.78, 5) is 4.57. The third-order valence-electron chi connectivity index (χ3n) is 3.94. The van der Waals surface area contributed by atoms with E-state index in [-0.39, 0.29) is 5.76 Å². The van der Waals surface area contributed by atoms with Gasteiger partial charge in [-0.3, -0.25) is 4.98 Å². The molecule has 0 aliphatic rings. The number of hydrogen-bond acceptors (Lipinski definition) is 2. The molecule has 0 radical (unpaired) electrons. The Bertz CT molecular complexity index is 1110. The topological polar surface area (TPSA) is 26.0 Å². The maximum Gasteiger partial charge on any atom is 0.143 e. The van der Waals surface area contributed by atoms with E-state index in [2.05, 4.69) is 30.1 Å². The highest BCUT2D eigenvalue weighted by molar-refractivity contribution is 6.02. The number of hydrogen-bond donors (Lipinski definition) is 0. The molecule has 0 aliphatic heterocycles. The van der Waals surface area contributed by atoms with Crippen molar-refractivity contribution in [3.05, 3.63) is 65.5 Å². The van der Waals surface area contributed by atoms with Crippen molar-refractivity contribution >= 4 is 21.7 Å². The molecule has 0 saturated carbocycles. The zero-order valence-electron chi connectivity index (χ0n) is 15.5. The largest absolute Gasteiger partial charge is 0.461 e. The number of nitrogens with zero attached hydrogens (tertiary/aromatic N) is 1. The predicted molar refractivity (Wildman–Crippen MR) is 91.2 cm³/mol. The van der Waals surface area contributed by atoms with Crippen LogP contribution in [0.1, 0.15) is 21.0 Å². The lowest BCUT2D eigenvalue weighted by Gasteiger charge is -2.08. The molecule has 2 heteroatoms. The first-order valence-corrected chi connectivity index (χ1v) is 7.23. The van der Waals surface area contributed by atoms with E-state index in [9.17, 15) is 0 Å². The first kappa shape index (κ1) is 10.2. The summed E-state index contributed by atoms with van der Waals surface area (Å²) in [5.41, 5.74) is 4.41. The van der Waals surface area contributed by atoms with Crippen molar-refractivity contribution < 1.29 is 8.53 Å². The maximum atomic E-state index is 7.61. The zero-order chi connectivity index (χ0) is 17.8. The van der Waals surface area contributed by atoms with E-state index < -0.39 is 6.85 Å². The van der Waals surface area contributed by atoms with Gasteiger partial charge in [0.1, 0.15) is 11.3 Å². The van der Waals surface area contributed by atoms with E-state index in [1.807, 2.05) is 25.1 Å². The quantitative estimate of drug-likeness (QED) is 0.458. The molecule has 0 atom stereocenters. The number of furan rings is 1. The number of benzene rings is 2. The number of fused-ring (bicyclic) bond motifs is 2. The van der Waals surface area contributed by atoms with Crippen LogP contribution in [-0.4, -0.2) is 4.98 Å². The van der Waals surface area contributed by atoms with Crippen molar-refractivity contribution in [2.24, 2.45) is 0 Å². The maximum absolute atomic E-state index is 7.61. The summed E-state index contributed by atoms with van der Waals surface area (Å²) in [5.74, 6) is 0.00503. The summed E-state index contributed by atoms with van der Waals surface area (Å²) in [6.07, 6.45) is 1.78. The van der Waals surface area contributed by atoms with E-state index in [0.29, 0.717) is 5.58 Å². The van der Waals surface area contributed by atoms with Crippen LogP contribution >= 0.6 is 0 Å². The lowest BCUT2D eigenvalue weighted by atomic mass is 9.99. The fourth-order valence-corrected chi connectivity index (χ4v) is 2.99. The van der Waals surface area contributed by atoms with Gasteiger partial charge in [-0.15, -0.1) is 0 Å². The molecule has 2 heterocycles. The van der Waals surface area contributed by atoms with Gasteiger partial charge >= 0.3 is 0 Å². The van der Waals surface area contributed by atoms with Gasteiger partial charge in [-0.2, -0.15) is 0 Å². The van der Waals surface area contributed by atoms with Crippen LogP contribution in [0.2, 0.25) is 0 Å². The number of aryl methyl sites for hydroxylation is 3. The van der Waals surface area contributed by atoms with Gasteiger partial charge in [-0.25, -0.2) is 0 Å². The third kappa shape index (κ3) is 2.00. The van der Waals surface area contributed by atoms with Crippen LogP contribution in [-0.2, 0) is 0 Å². The van der Waals surface area contributed by atoms with Gasteiger partial charge in [0, 0.05) is 26.6 Å². The molecule has 108 valence electrons. The van der Waals surface area contributed by atoms with Gasteiger partial charge in [0.15, 0.2) is 0 Å². The highest BCUT2D eigenvalue weighted by Gasteiger charge is 2.13. The Balaban J connectivity index is 2.06. The first-order valence-electron chi connectivity index (χ1n) is 8.73. The van der Waals surface area contributed by atoms with Gasteiger partial charge in [0.25, 0.3) is 0 Å².